The van der Waals surface area contributed by atoms with Crippen molar-refractivity contribution in [3.63, 3.8) is 0 Å². The van der Waals surface area contributed by atoms with Gasteiger partial charge in [0.2, 0.25) is 0 Å². The molecule has 0 aliphatic carbocycles. The highest BCUT2D eigenvalue weighted by Gasteiger charge is 2.30. The number of nitrogens with zero attached hydrogens (tertiary/aromatic N) is 1. The number of hydrazone groups is 1. The predicted molar refractivity (Wildman–Crippen MR) is 78.6 cm³/mol. The van der Waals surface area contributed by atoms with Gasteiger partial charge in [-0.3, -0.25) is 5.43 Å². The molecule has 5 heteroatoms. The highest BCUT2D eigenvalue weighted by molar-refractivity contribution is 5.80. The van der Waals surface area contributed by atoms with E-state index in [0.29, 0.717) is 5.56 Å². The molecule has 21 heavy (non-hydrogen) atoms. The maximum absolute atomic E-state index is 12.6. The van der Waals surface area contributed by atoms with Crippen LogP contribution in [0, 0.1) is 13.8 Å². The molecule has 0 fully saturated rings. The molecular weight excluding hydrogens is 277 g/mol. The molecule has 2 aromatic rings. The van der Waals surface area contributed by atoms with Gasteiger partial charge in [-0.25, -0.2) is 0 Å². The second kappa shape index (κ2) is 5.99. The van der Waals surface area contributed by atoms with Crippen LogP contribution in [0.4, 0.5) is 18.9 Å². The molecule has 0 heterocycles. The van der Waals surface area contributed by atoms with E-state index in [1.54, 1.807) is 6.07 Å². The number of rotatable bonds is 3. The summed E-state index contributed by atoms with van der Waals surface area (Å²) in [5.41, 5.74) is 5.60. The van der Waals surface area contributed by atoms with E-state index in [1.165, 1.54) is 17.8 Å². The molecule has 0 saturated carbocycles. The molecule has 2 rings (SSSR count). The van der Waals surface area contributed by atoms with Gasteiger partial charge < -0.3 is 0 Å². The van der Waals surface area contributed by atoms with Crippen molar-refractivity contribution in [2.24, 2.45) is 5.10 Å². The Kier molecular flexibility index (Phi) is 4.31. The number of anilines is 1. The number of halogens is 3. The number of hydrogen-bond donors (Lipinski definition) is 1. The average Bonchev–Trinajstić information content (AvgIpc) is 2.42. The van der Waals surface area contributed by atoms with E-state index in [2.05, 4.69) is 10.5 Å². The van der Waals surface area contributed by atoms with E-state index >= 15 is 0 Å². The van der Waals surface area contributed by atoms with Gasteiger partial charge in [-0.15, -0.1) is 0 Å². The summed E-state index contributed by atoms with van der Waals surface area (Å²) in [6.07, 6.45) is -2.98. The van der Waals surface area contributed by atoms with Crippen molar-refractivity contribution < 1.29 is 13.2 Å². The molecule has 110 valence electrons. The lowest BCUT2D eigenvalue weighted by molar-refractivity contribution is -0.137. The molecule has 2 aromatic carbocycles. The Bertz CT molecular complexity index is 661. The van der Waals surface area contributed by atoms with Crippen LogP contribution in [0.15, 0.2) is 47.6 Å². The van der Waals surface area contributed by atoms with Crippen molar-refractivity contribution in [2.45, 2.75) is 20.0 Å². The lowest BCUT2D eigenvalue weighted by Crippen LogP contribution is -2.05. The molecule has 1 N–H and O–H groups in total. The van der Waals surface area contributed by atoms with Gasteiger partial charge in [-0.2, -0.15) is 18.3 Å². The Hall–Kier alpha value is -2.30. The first-order chi connectivity index (χ1) is 9.86. The van der Waals surface area contributed by atoms with E-state index in [-0.39, 0.29) is 0 Å². The molecule has 0 amide bonds. The zero-order valence-electron chi connectivity index (χ0n) is 11.7. The molecule has 0 atom stereocenters. The van der Waals surface area contributed by atoms with Crippen LogP contribution >= 0.6 is 0 Å². The van der Waals surface area contributed by atoms with E-state index in [1.807, 2.05) is 32.0 Å². The number of aryl methyl sites for hydroxylation is 2. The molecular formula is C16H15F3N2. The van der Waals surface area contributed by atoms with Crippen molar-refractivity contribution in [1.29, 1.82) is 0 Å². The normalized spacial score (nSPS) is 11.9. The van der Waals surface area contributed by atoms with Crippen molar-refractivity contribution in [3.05, 3.63) is 64.7 Å². The number of hydrogen-bond acceptors (Lipinski definition) is 2. The quantitative estimate of drug-likeness (QED) is 0.639. The molecule has 0 radical (unpaired) electrons. The highest BCUT2D eigenvalue weighted by atomic mass is 19.4. The minimum absolute atomic E-state index is 0.390. The zero-order valence-corrected chi connectivity index (χ0v) is 11.7. The fraction of sp³-hybridized carbons (Fsp3) is 0.188. The summed E-state index contributed by atoms with van der Waals surface area (Å²) >= 11 is 0. The topological polar surface area (TPSA) is 24.4 Å². The summed E-state index contributed by atoms with van der Waals surface area (Å²) in [5.74, 6) is 0. The van der Waals surface area contributed by atoms with E-state index < -0.39 is 11.7 Å². The third-order valence-electron chi connectivity index (χ3n) is 3.13. The molecule has 0 aromatic heterocycles. The van der Waals surface area contributed by atoms with Crippen molar-refractivity contribution >= 4 is 11.9 Å². The van der Waals surface area contributed by atoms with Gasteiger partial charge in [0.05, 0.1) is 17.5 Å². The van der Waals surface area contributed by atoms with Gasteiger partial charge in [0.15, 0.2) is 0 Å². The van der Waals surface area contributed by atoms with Gasteiger partial charge in [0, 0.05) is 0 Å². The molecule has 0 aliphatic rings. The Morgan fingerprint density at radius 2 is 1.76 bits per heavy atom. The van der Waals surface area contributed by atoms with Crippen LogP contribution in [0.3, 0.4) is 0 Å². The maximum Gasteiger partial charge on any atom is 0.416 e. The van der Waals surface area contributed by atoms with E-state index in [4.69, 9.17) is 0 Å². The average molecular weight is 292 g/mol. The SMILES string of the molecule is Cc1ccc(N/N=C/c2cccc(C(F)(F)F)c2)cc1C. The van der Waals surface area contributed by atoms with E-state index in [9.17, 15) is 13.2 Å². The summed E-state index contributed by atoms with van der Waals surface area (Å²) < 4.78 is 37.7. The van der Waals surface area contributed by atoms with Crippen LogP contribution in [-0.2, 0) is 6.18 Å². The van der Waals surface area contributed by atoms with Gasteiger partial charge >= 0.3 is 6.18 Å². The van der Waals surface area contributed by atoms with Crippen molar-refractivity contribution in [3.8, 4) is 0 Å². The van der Waals surface area contributed by atoms with Crippen LogP contribution in [0.1, 0.15) is 22.3 Å². The van der Waals surface area contributed by atoms with Crippen LogP contribution in [0.5, 0.6) is 0 Å². The largest absolute Gasteiger partial charge is 0.416 e. The van der Waals surface area contributed by atoms with Crippen LogP contribution < -0.4 is 5.43 Å². The second-order valence-corrected chi connectivity index (χ2v) is 4.79. The lowest BCUT2D eigenvalue weighted by Gasteiger charge is -2.07. The fourth-order valence-electron chi connectivity index (χ4n) is 1.79. The van der Waals surface area contributed by atoms with Crippen molar-refractivity contribution in [2.75, 3.05) is 5.43 Å². The molecule has 0 saturated heterocycles. The summed E-state index contributed by atoms with van der Waals surface area (Å²) in [6.45, 7) is 3.99. The Balaban J connectivity index is 2.09. The molecule has 2 nitrogen and oxygen atoms in total. The predicted octanol–water partition coefficient (Wildman–Crippen LogP) is 4.77. The van der Waals surface area contributed by atoms with Gasteiger partial charge in [-0.05, 0) is 54.8 Å². The summed E-state index contributed by atoms with van der Waals surface area (Å²) in [7, 11) is 0. The molecule has 0 unspecified atom stereocenters. The summed E-state index contributed by atoms with van der Waals surface area (Å²) in [4.78, 5) is 0. The first-order valence-electron chi connectivity index (χ1n) is 6.40. The first-order valence-corrected chi connectivity index (χ1v) is 6.40. The highest BCUT2D eigenvalue weighted by Crippen LogP contribution is 2.29. The standard InChI is InChI=1S/C16H15F3N2/c1-11-6-7-15(8-12(11)2)21-20-10-13-4-3-5-14(9-13)16(17,18)19/h3-10,21H,1-2H3/b20-10+. The summed E-state index contributed by atoms with van der Waals surface area (Å²) in [6, 6.07) is 10.8. The lowest BCUT2D eigenvalue weighted by atomic mass is 10.1. The number of alkyl halides is 3. The molecule has 0 bridgehead atoms. The van der Waals surface area contributed by atoms with Crippen LogP contribution in [0.25, 0.3) is 0 Å². The Labute approximate surface area is 121 Å². The minimum atomic E-state index is -4.34. The number of nitrogens with one attached hydrogen (secondary N) is 1. The minimum Gasteiger partial charge on any atom is -0.278 e. The number of benzene rings is 2. The zero-order chi connectivity index (χ0) is 15.5. The monoisotopic (exact) mass is 292 g/mol. The Morgan fingerprint density at radius 1 is 1.00 bits per heavy atom. The Morgan fingerprint density at radius 3 is 2.43 bits per heavy atom. The fourth-order valence-corrected chi connectivity index (χ4v) is 1.79. The van der Waals surface area contributed by atoms with Crippen molar-refractivity contribution in [1.82, 2.24) is 0 Å². The molecule has 0 aliphatic heterocycles. The van der Waals surface area contributed by atoms with E-state index in [0.717, 1.165) is 23.4 Å². The van der Waals surface area contributed by atoms with Crippen LogP contribution in [0.2, 0.25) is 0 Å². The van der Waals surface area contributed by atoms with Gasteiger partial charge in [0.25, 0.3) is 0 Å². The first kappa shape index (κ1) is 15.1. The second-order valence-electron chi connectivity index (χ2n) is 4.79. The third kappa shape index (κ3) is 4.08. The van der Waals surface area contributed by atoms with Crippen LogP contribution in [-0.4, -0.2) is 6.21 Å². The van der Waals surface area contributed by atoms with Gasteiger partial charge in [0.1, 0.15) is 0 Å². The molecule has 0 spiro atoms. The smallest absolute Gasteiger partial charge is 0.278 e. The third-order valence-corrected chi connectivity index (χ3v) is 3.13. The maximum atomic E-state index is 12.6. The van der Waals surface area contributed by atoms with Gasteiger partial charge in [-0.1, -0.05) is 18.2 Å². The summed E-state index contributed by atoms with van der Waals surface area (Å²) in [5, 5.41) is 3.96.